The summed E-state index contributed by atoms with van der Waals surface area (Å²) in [4.78, 5) is 25.1. The second-order valence-corrected chi connectivity index (χ2v) is 7.64. The van der Waals surface area contributed by atoms with E-state index in [9.17, 15) is 9.59 Å². The van der Waals surface area contributed by atoms with Crippen LogP contribution >= 0.6 is 0 Å². The summed E-state index contributed by atoms with van der Waals surface area (Å²) in [5.41, 5.74) is -0.718. The minimum atomic E-state index is -0.718. The average Bonchev–Trinajstić information content (AvgIpc) is 2.61. The fourth-order valence-corrected chi connectivity index (χ4v) is 3.59. The largest absolute Gasteiger partial charge is 0.465 e. The Kier molecular flexibility index (Phi) is 10.8. The van der Waals surface area contributed by atoms with Crippen molar-refractivity contribution in [3.8, 4) is 0 Å². The first kappa shape index (κ1) is 22.0. The van der Waals surface area contributed by atoms with Gasteiger partial charge in [0.05, 0.1) is 24.5 Å². The van der Waals surface area contributed by atoms with Gasteiger partial charge in [0.15, 0.2) is 0 Å². The molecule has 4 heteroatoms. The van der Waals surface area contributed by atoms with Gasteiger partial charge in [-0.05, 0) is 32.6 Å². The molecule has 0 radical (unpaired) electrons. The number of unbranched alkanes of at least 4 members (excludes halogenated alkanes) is 6. The van der Waals surface area contributed by atoms with Crippen LogP contribution in [-0.2, 0) is 19.1 Å². The fourth-order valence-electron chi connectivity index (χ4n) is 3.59. The maximum atomic E-state index is 12.6. The van der Waals surface area contributed by atoms with Crippen molar-refractivity contribution in [2.75, 3.05) is 13.2 Å². The molecule has 0 spiro atoms. The van der Waals surface area contributed by atoms with Gasteiger partial charge in [0, 0.05) is 0 Å². The first-order valence-electron chi connectivity index (χ1n) is 10.4. The van der Waals surface area contributed by atoms with Crippen LogP contribution in [0.3, 0.4) is 0 Å². The Morgan fingerprint density at radius 3 is 2.24 bits per heavy atom. The molecule has 0 bridgehead atoms. The van der Waals surface area contributed by atoms with E-state index in [4.69, 9.17) is 9.47 Å². The van der Waals surface area contributed by atoms with E-state index in [-0.39, 0.29) is 17.9 Å². The summed E-state index contributed by atoms with van der Waals surface area (Å²) in [6.07, 6.45) is 12.3. The van der Waals surface area contributed by atoms with Gasteiger partial charge in [-0.1, -0.05) is 65.2 Å². The van der Waals surface area contributed by atoms with Crippen molar-refractivity contribution in [3.63, 3.8) is 0 Å². The maximum Gasteiger partial charge on any atom is 0.312 e. The molecule has 1 aliphatic carbocycles. The normalized spacial score (nSPS) is 23.2. The third kappa shape index (κ3) is 7.37. The highest BCUT2D eigenvalue weighted by Gasteiger charge is 2.48. The maximum absolute atomic E-state index is 12.6. The number of carbonyl (C=O) groups is 2. The summed E-state index contributed by atoms with van der Waals surface area (Å²) in [6, 6.07) is 0. The van der Waals surface area contributed by atoms with Crippen LogP contribution in [0.15, 0.2) is 0 Å². The van der Waals surface area contributed by atoms with Gasteiger partial charge in [-0.3, -0.25) is 9.59 Å². The number of esters is 2. The Morgan fingerprint density at radius 1 is 0.880 bits per heavy atom. The lowest BCUT2D eigenvalue weighted by atomic mass is 9.67. The highest BCUT2D eigenvalue weighted by molar-refractivity contribution is 5.85. The molecule has 0 aromatic rings. The Morgan fingerprint density at radius 2 is 1.52 bits per heavy atom. The molecular formula is C21H38O4. The van der Waals surface area contributed by atoms with E-state index < -0.39 is 5.41 Å². The number of carbonyl (C=O) groups excluding carboxylic acids is 2. The summed E-state index contributed by atoms with van der Waals surface area (Å²) < 4.78 is 11.0. The molecular weight excluding hydrogens is 316 g/mol. The molecule has 0 heterocycles. The summed E-state index contributed by atoms with van der Waals surface area (Å²) in [6.45, 7) is 7.08. The zero-order valence-corrected chi connectivity index (χ0v) is 16.6. The summed E-state index contributed by atoms with van der Waals surface area (Å²) in [5, 5.41) is 0. The molecule has 1 rings (SSSR count). The van der Waals surface area contributed by atoms with Gasteiger partial charge in [-0.2, -0.15) is 0 Å². The highest BCUT2D eigenvalue weighted by Crippen LogP contribution is 2.42. The molecule has 0 aromatic heterocycles. The Balaban J connectivity index is 2.43. The predicted octanol–water partition coefficient (Wildman–Crippen LogP) is 5.43. The molecule has 0 N–H and O–H groups in total. The van der Waals surface area contributed by atoms with Crippen molar-refractivity contribution in [1.29, 1.82) is 0 Å². The van der Waals surface area contributed by atoms with Crippen molar-refractivity contribution in [2.45, 2.75) is 97.8 Å². The van der Waals surface area contributed by atoms with Crippen molar-refractivity contribution >= 4 is 11.9 Å². The minimum Gasteiger partial charge on any atom is -0.465 e. The van der Waals surface area contributed by atoms with Crippen LogP contribution in [0.5, 0.6) is 0 Å². The van der Waals surface area contributed by atoms with Crippen molar-refractivity contribution in [2.24, 2.45) is 11.3 Å². The molecule has 146 valence electrons. The Hall–Kier alpha value is -1.06. The van der Waals surface area contributed by atoms with E-state index >= 15 is 0 Å². The molecule has 0 aromatic carbocycles. The topological polar surface area (TPSA) is 52.6 Å². The van der Waals surface area contributed by atoms with Gasteiger partial charge in [-0.15, -0.1) is 0 Å². The first-order valence-corrected chi connectivity index (χ1v) is 10.4. The van der Waals surface area contributed by atoms with Crippen LogP contribution in [0, 0.1) is 11.3 Å². The molecule has 2 unspecified atom stereocenters. The van der Waals surface area contributed by atoms with Crippen LogP contribution in [-0.4, -0.2) is 25.2 Å². The van der Waals surface area contributed by atoms with Crippen molar-refractivity contribution in [1.82, 2.24) is 0 Å². The van der Waals surface area contributed by atoms with Crippen molar-refractivity contribution < 1.29 is 19.1 Å². The molecule has 1 saturated carbocycles. The number of hydrogen-bond acceptors (Lipinski definition) is 4. The SMILES string of the molecule is CCCCCCCCOC(=O)C1CCCCC1(C)C(=O)OCCCC. The summed E-state index contributed by atoms with van der Waals surface area (Å²) in [5.74, 6) is -0.777. The molecule has 1 aliphatic rings. The van der Waals surface area contributed by atoms with Gasteiger partial charge in [0.2, 0.25) is 0 Å². The fraction of sp³-hybridized carbons (Fsp3) is 0.905. The zero-order chi connectivity index (χ0) is 18.5. The lowest BCUT2D eigenvalue weighted by molar-refractivity contribution is -0.172. The van der Waals surface area contributed by atoms with Crippen molar-refractivity contribution in [3.05, 3.63) is 0 Å². The quantitative estimate of drug-likeness (QED) is 0.346. The second kappa shape index (κ2) is 12.3. The molecule has 1 fully saturated rings. The Bertz CT molecular complexity index is 393. The molecule has 4 nitrogen and oxygen atoms in total. The van der Waals surface area contributed by atoms with Gasteiger partial charge < -0.3 is 9.47 Å². The van der Waals surface area contributed by atoms with Crippen LogP contribution in [0.1, 0.15) is 97.8 Å². The Labute approximate surface area is 154 Å². The lowest BCUT2D eigenvalue weighted by Gasteiger charge is -2.37. The van der Waals surface area contributed by atoms with E-state index in [2.05, 4.69) is 13.8 Å². The monoisotopic (exact) mass is 354 g/mol. The van der Waals surface area contributed by atoms with Crippen LogP contribution in [0.25, 0.3) is 0 Å². The van der Waals surface area contributed by atoms with E-state index in [0.29, 0.717) is 13.2 Å². The average molecular weight is 355 g/mol. The molecule has 0 aliphatic heterocycles. The van der Waals surface area contributed by atoms with Crippen LogP contribution in [0.4, 0.5) is 0 Å². The minimum absolute atomic E-state index is 0.205. The summed E-state index contributed by atoms with van der Waals surface area (Å²) >= 11 is 0. The van der Waals surface area contributed by atoms with E-state index in [0.717, 1.165) is 51.4 Å². The molecule has 2 atom stereocenters. The molecule has 0 amide bonds. The van der Waals surface area contributed by atoms with E-state index in [1.165, 1.54) is 25.7 Å². The highest BCUT2D eigenvalue weighted by atomic mass is 16.5. The van der Waals surface area contributed by atoms with Gasteiger partial charge in [0.1, 0.15) is 0 Å². The third-order valence-electron chi connectivity index (χ3n) is 5.43. The standard InChI is InChI=1S/C21H38O4/c1-4-6-8-9-10-13-17-24-19(22)18-14-11-12-15-21(18,3)20(23)25-16-7-5-2/h18H,4-17H2,1-3H3. The van der Waals surface area contributed by atoms with Crippen LogP contribution < -0.4 is 0 Å². The second-order valence-electron chi connectivity index (χ2n) is 7.64. The van der Waals surface area contributed by atoms with Gasteiger partial charge in [-0.25, -0.2) is 0 Å². The predicted molar refractivity (Wildman–Crippen MR) is 100 cm³/mol. The van der Waals surface area contributed by atoms with E-state index in [1.807, 2.05) is 6.92 Å². The summed E-state index contributed by atoms with van der Waals surface area (Å²) in [7, 11) is 0. The molecule has 25 heavy (non-hydrogen) atoms. The van der Waals surface area contributed by atoms with Gasteiger partial charge >= 0.3 is 11.9 Å². The van der Waals surface area contributed by atoms with Crippen LogP contribution in [0.2, 0.25) is 0 Å². The smallest absolute Gasteiger partial charge is 0.312 e. The zero-order valence-electron chi connectivity index (χ0n) is 16.6. The number of rotatable bonds is 12. The van der Waals surface area contributed by atoms with E-state index in [1.54, 1.807) is 0 Å². The number of hydrogen-bond donors (Lipinski definition) is 0. The lowest BCUT2D eigenvalue weighted by Crippen LogP contribution is -2.44. The van der Waals surface area contributed by atoms with Gasteiger partial charge in [0.25, 0.3) is 0 Å². The molecule has 0 saturated heterocycles. The third-order valence-corrected chi connectivity index (χ3v) is 5.43. The number of ether oxygens (including phenoxy) is 2. The first-order chi connectivity index (χ1) is 12.1.